The van der Waals surface area contributed by atoms with Crippen LogP contribution in [-0.2, 0) is 4.79 Å². The summed E-state index contributed by atoms with van der Waals surface area (Å²) >= 11 is 0. The Bertz CT molecular complexity index is 448. The van der Waals surface area contributed by atoms with E-state index in [1.807, 2.05) is 19.1 Å². The molecule has 116 valence electrons. The molecule has 1 amide bonds. The van der Waals surface area contributed by atoms with Gasteiger partial charge in [0.25, 0.3) is 0 Å². The maximum absolute atomic E-state index is 11.4. The van der Waals surface area contributed by atoms with Crippen molar-refractivity contribution < 1.29 is 4.79 Å². The number of carbonyl (C=O) groups excluding carboxylic acids is 1. The largest absolute Gasteiger partial charge is 0.372 e. The average Bonchev–Trinajstić information content (AvgIpc) is 2.48. The van der Waals surface area contributed by atoms with Gasteiger partial charge in [0, 0.05) is 37.4 Å². The number of anilines is 2. The number of amides is 1. The SMILES string of the molecule is CCC(=O)Nc1ccc(N2CCC(CN(C)C)CC2)cc1. The van der Waals surface area contributed by atoms with Crippen molar-refractivity contribution in [1.29, 1.82) is 0 Å². The molecule has 0 unspecified atom stereocenters. The molecular weight excluding hydrogens is 262 g/mol. The lowest BCUT2D eigenvalue weighted by Gasteiger charge is -2.34. The van der Waals surface area contributed by atoms with E-state index in [1.54, 1.807) is 0 Å². The van der Waals surface area contributed by atoms with Crippen LogP contribution in [0.5, 0.6) is 0 Å². The first-order valence-corrected chi connectivity index (χ1v) is 7.88. The highest BCUT2D eigenvalue weighted by molar-refractivity contribution is 5.90. The van der Waals surface area contributed by atoms with E-state index in [4.69, 9.17) is 0 Å². The van der Waals surface area contributed by atoms with E-state index in [0.717, 1.165) is 24.7 Å². The minimum absolute atomic E-state index is 0.0623. The second-order valence-electron chi connectivity index (χ2n) is 6.14. The van der Waals surface area contributed by atoms with E-state index in [9.17, 15) is 4.79 Å². The topological polar surface area (TPSA) is 35.6 Å². The summed E-state index contributed by atoms with van der Waals surface area (Å²) in [6.45, 7) is 5.30. The summed E-state index contributed by atoms with van der Waals surface area (Å²) in [4.78, 5) is 16.1. The molecule has 1 heterocycles. The van der Waals surface area contributed by atoms with E-state index in [0.29, 0.717) is 6.42 Å². The van der Waals surface area contributed by atoms with Gasteiger partial charge in [-0.1, -0.05) is 6.92 Å². The minimum Gasteiger partial charge on any atom is -0.372 e. The summed E-state index contributed by atoms with van der Waals surface area (Å²) in [5.74, 6) is 0.881. The molecule has 1 aromatic rings. The molecule has 0 spiro atoms. The third kappa shape index (κ3) is 4.74. The molecule has 0 radical (unpaired) electrons. The number of hydrogen-bond donors (Lipinski definition) is 1. The molecule has 4 nitrogen and oxygen atoms in total. The van der Waals surface area contributed by atoms with Gasteiger partial charge in [-0.2, -0.15) is 0 Å². The van der Waals surface area contributed by atoms with Crippen LogP contribution in [0.25, 0.3) is 0 Å². The third-order valence-electron chi connectivity index (χ3n) is 4.08. The first-order chi connectivity index (χ1) is 10.1. The van der Waals surface area contributed by atoms with E-state index in [1.165, 1.54) is 25.1 Å². The Morgan fingerprint density at radius 3 is 2.38 bits per heavy atom. The Labute approximate surface area is 128 Å². The molecule has 1 saturated heterocycles. The number of rotatable bonds is 5. The highest BCUT2D eigenvalue weighted by Gasteiger charge is 2.19. The third-order valence-corrected chi connectivity index (χ3v) is 4.08. The smallest absolute Gasteiger partial charge is 0.224 e. The maximum atomic E-state index is 11.4. The molecule has 0 saturated carbocycles. The summed E-state index contributed by atoms with van der Waals surface area (Å²) < 4.78 is 0. The monoisotopic (exact) mass is 289 g/mol. The normalized spacial score (nSPS) is 16.3. The van der Waals surface area contributed by atoms with Gasteiger partial charge < -0.3 is 15.1 Å². The standard InChI is InChI=1S/C17H27N3O/c1-4-17(21)18-15-5-7-16(8-6-15)20-11-9-14(10-12-20)13-19(2)3/h5-8,14H,4,9-13H2,1-3H3,(H,18,21). The van der Waals surface area contributed by atoms with Crippen LogP contribution in [0.4, 0.5) is 11.4 Å². The van der Waals surface area contributed by atoms with Crippen molar-refractivity contribution in [2.45, 2.75) is 26.2 Å². The van der Waals surface area contributed by atoms with Gasteiger partial charge in [-0.15, -0.1) is 0 Å². The second kappa shape index (κ2) is 7.46. The minimum atomic E-state index is 0.0623. The molecule has 0 bridgehead atoms. The fraction of sp³-hybridized carbons (Fsp3) is 0.588. The van der Waals surface area contributed by atoms with Crippen LogP contribution in [0.1, 0.15) is 26.2 Å². The van der Waals surface area contributed by atoms with E-state index in [-0.39, 0.29) is 5.91 Å². The van der Waals surface area contributed by atoms with Crippen molar-refractivity contribution in [2.75, 3.05) is 43.9 Å². The molecule has 1 aliphatic heterocycles. The summed E-state index contributed by atoms with van der Waals surface area (Å²) in [7, 11) is 4.30. The van der Waals surface area contributed by atoms with Crippen LogP contribution < -0.4 is 10.2 Å². The number of benzene rings is 1. The molecule has 1 N–H and O–H groups in total. The predicted molar refractivity (Wildman–Crippen MR) is 88.9 cm³/mol. The van der Waals surface area contributed by atoms with Crippen molar-refractivity contribution in [3.05, 3.63) is 24.3 Å². The number of piperidine rings is 1. The van der Waals surface area contributed by atoms with Gasteiger partial charge >= 0.3 is 0 Å². The van der Waals surface area contributed by atoms with E-state index in [2.05, 4.69) is 41.3 Å². The zero-order valence-corrected chi connectivity index (χ0v) is 13.4. The van der Waals surface area contributed by atoms with Gasteiger partial charge in [-0.05, 0) is 57.1 Å². The predicted octanol–water partition coefficient (Wildman–Crippen LogP) is 2.81. The Balaban J connectivity index is 1.87. The fourth-order valence-electron chi connectivity index (χ4n) is 2.90. The summed E-state index contributed by atoms with van der Waals surface area (Å²) in [5, 5.41) is 2.89. The highest BCUT2D eigenvalue weighted by atomic mass is 16.1. The van der Waals surface area contributed by atoms with Gasteiger partial charge in [0.05, 0.1) is 0 Å². The molecule has 1 aliphatic rings. The Morgan fingerprint density at radius 2 is 1.86 bits per heavy atom. The Hall–Kier alpha value is -1.55. The van der Waals surface area contributed by atoms with Crippen LogP contribution in [-0.4, -0.2) is 44.5 Å². The van der Waals surface area contributed by atoms with Gasteiger partial charge in [0.2, 0.25) is 5.91 Å². The molecule has 0 aromatic heterocycles. The lowest BCUT2D eigenvalue weighted by atomic mass is 9.96. The first-order valence-electron chi connectivity index (χ1n) is 7.88. The number of hydrogen-bond acceptors (Lipinski definition) is 3. The van der Waals surface area contributed by atoms with Gasteiger partial charge in [0.1, 0.15) is 0 Å². The van der Waals surface area contributed by atoms with Crippen LogP contribution in [0.2, 0.25) is 0 Å². The van der Waals surface area contributed by atoms with Crippen LogP contribution in [0, 0.1) is 5.92 Å². The molecule has 4 heteroatoms. The zero-order valence-electron chi connectivity index (χ0n) is 13.4. The number of nitrogens with zero attached hydrogens (tertiary/aromatic N) is 2. The molecular formula is C17H27N3O. The van der Waals surface area contributed by atoms with Crippen molar-refractivity contribution in [1.82, 2.24) is 4.90 Å². The number of nitrogens with one attached hydrogen (secondary N) is 1. The van der Waals surface area contributed by atoms with E-state index >= 15 is 0 Å². The van der Waals surface area contributed by atoms with Crippen molar-refractivity contribution in [3.63, 3.8) is 0 Å². The molecule has 0 aliphatic carbocycles. The van der Waals surface area contributed by atoms with Gasteiger partial charge in [-0.25, -0.2) is 0 Å². The molecule has 0 atom stereocenters. The van der Waals surface area contributed by atoms with E-state index < -0.39 is 0 Å². The lowest BCUT2D eigenvalue weighted by Crippen LogP contribution is -2.37. The van der Waals surface area contributed by atoms with Crippen LogP contribution in [0.3, 0.4) is 0 Å². The second-order valence-corrected chi connectivity index (χ2v) is 6.14. The molecule has 1 aromatic carbocycles. The Kier molecular flexibility index (Phi) is 5.62. The maximum Gasteiger partial charge on any atom is 0.224 e. The first kappa shape index (κ1) is 15.8. The average molecular weight is 289 g/mol. The zero-order chi connectivity index (χ0) is 15.2. The van der Waals surface area contributed by atoms with Crippen LogP contribution >= 0.6 is 0 Å². The van der Waals surface area contributed by atoms with Crippen molar-refractivity contribution in [3.8, 4) is 0 Å². The van der Waals surface area contributed by atoms with Crippen molar-refractivity contribution >= 4 is 17.3 Å². The summed E-state index contributed by atoms with van der Waals surface area (Å²) in [6, 6.07) is 8.21. The lowest BCUT2D eigenvalue weighted by molar-refractivity contribution is -0.115. The summed E-state index contributed by atoms with van der Waals surface area (Å²) in [5.41, 5.74) is 2.14. The van der Waals surface area contributed by atoms with Gasteiger partial charge in [-0.3, -0.25) is 4.79 Å². The van der Waals surface area contributed by atoms with Crippen molar-refractivity contribution in [2.24, 2.45) is 5.92 Å². The fourth-order valence-corrected chi connectivity index (χ4v) is 2.90. The summed E-state index contributed by atoms with van der Waals surface area (Å²) in [6.07, 6.45) is 3.03. The number of carbonyl (C=O) groups is 1. The molecule has 21 heavy (non-hydrogen) atoms. The highest BCUT2D eigenvalue weighted by Crippen LogP contribution is 2.24. The molecule has 1 fully saturated rings. The van der Waals surface area contributed by atoms with Gasteiger partial charge in [0.15, 0.2) is 0 Å². The Morgan fingerprint density at radius 1 is 1.24 bits per heavy atom. The van der Waals surface area contributed by atoms with Crippen LogP contribution in [0.15, 0.2) is 24.3 Å². The molecule has 2 rings (SSSR count). The quantitative estimate of drug-likeness (QED) is 0.905.